The summed E-state index contributed by atoms with van der Waals surface area (Å²) in [6.45, 7) is 48.7. The minimum absolute atomic E-state index is 0. The summed E-state index contributed by atoms with van der Waals surface area (Å²) in [5.74, 6) is 2.99. The molecule has 113 heavy (non-hydrogen) atoms. The van der Waals surface area contributed by atoms with Crippen molar-refractivity contribution >= 4 is 113 Å². The summed E-state index contributed by atoms with van der Waals surface area (Å²) in [7, 11) is 24.8. The van der Waals surface area contributed by atoms with Crippen LogP contribution in [0.25, 0.3) is 0 Å². The Bertz CT molecular complexity index is 2140. The number of unbranched alkanes of at least 4 members (excludes halogenated alkanes) is 4. The van der Waals surface area contributed by atoms with E-state index in [1.807, 2.05) is 79.2 Å². The lowest BCUT2D eigenvalue weighted by atomic mass is 9.99. The van der Waals surface area contributed by atoms with Gasteiger partial charge in [0.1, 0.15) is 58.6 Å². The van der Waals surface area contributed by atoms with Crippen LogP contribution in [0.2, 0.25) is 0 Å². The number of quaternary nitrogens is 2. The molecule has 0 radical (unpaired) electrons. The van der Waals surface area contributed by atoms with E-state index in [1.54, 1.807) is 69.4 Å². The van der Waals surface area contributed by atoms with E-state index >= 15 is 0 Å². The first kappa shape index (κ1) is 165. The number of rotatable bonds is 40. The minimum atomic E-state index is 0. The van der Waals surface area contributed by atoms with E-state index in [0.29, 0.717) is 56.4 Å². The third-order valence-corrected chi connectivity index (χ3v) is 12.9. The number of aliphatic hydroxyl groups is 1. The van der Waals surface area contributed by atoms with Gasteiger partial charge in [0.05, 0.1) is 61.4 Å². The lowest BCUT2D eigenvalue weighted by molar-refractivity contribution is -0.870. The summed E-state index contributed by atoms with van der Waals surface area (Å²) in [5.41, 5.74) is 7.27. The molecule has 1 aromatic rings. The second-order valence-electron chi connectivity index (χ2n) is 28.2. The number of nitrogens with one attached hydrogen (secondary N) is 3. The predicted molar refractivity (Wildman–Crippen MR) is 494 cm³/mol. The maximum atomic E-state index is 11.1. The molecule has 0 saturated heterocycles. The average Bonchev–Trinajstić information content (AvgIpc) is 0.889. The van der Waals surface area contributed by atoms with Crippen molar-refractivity contribution in [1.29, 1.82) is 0 Å². The van der Waals surface area contributed by atoms with Crippen molar-refractivity contribution in [3.63, 3.8) is 0 Å². The van der Waals surface area contributed by atoms with Gasteiger partial charge in [0.25, 0.3) is 0 Å². The van der Waals surface area contributed by atoms with Crippen molar-refractivity contribution in [2.45, 2.75) is 254 Å². The number of hydrogen-bond acceptors (Lipinski definition) is 20. The van der Waals surface area contributed by atoms with Crippen LogP contribution in [0.4, 0.5) is 0 Å². The Balaban J connectivity index is -0.0000000433. The third kappa shape index (κ3) is 222. The van der Waals surface area contributed by atoms with Crippen molar-refractivity contribution in [3.8, 4) is 0 Å². The molecular formula is C84H187Cl4IN11O13-. The topological polar surface area (TPSA) is 345 Å². The van der Waals surface area contributed by atoms with Crippen LogP contribution in [0, 0.1) is 20.8 Å². The van der Waals surface area contributed by atoms with E-state index in [2.05, 4.69) is 120 Å². The molecule has 0 aliphatic carbocycles. The van der Waals surface area contributed by atoms with Crippen LogP contribution in [-0.4, -0.2) is 280 Å². The molecule has 0 saturated carbocycles. The molecule has 1 amide bonds. The number of amides is 1. The number of carbonyl (C=O) groups is 11. The van der Waals surface area contributed by atoms with Gasteiger partial charge in [0.15, 0.2) is 5.78 Å². The van der Waals surface area contributed by atoms with Crippen LogP contribution in [0.1, 0.15) is 252 Å². The van der Waals surface area contributed by atoms with Crippen LogP contribution < -0.4 is 51.4 Å². The van der Waals surface area contributed by atoms with Crippen LogP contribution in [0.5, 0.6) is 0 Å². The largest absolute Gasteiger partial charge is 1.00 e. The molecule has 0 aliphatic rings. The molecule has 0 aliphatic heterocycles. The SMILES string of the molecule is CC(=O)CCCN(C)C.CC(=O)CCC[N+](C)(C)C.CC(=O)CCN(C)C.CC(=O)CN.CC(=O)CN(C)C.CC(=O)C[NH+](C)C.CCCCC(C)CC(C)=O.CCCCCC.CCCN(CCC)Cc1cccc(CC(C)=O)c1.CCN(CC)CCC(C)=O.CCNC(C)=O.CNCC(C)=O.CO.Cl.Cl.Cl.Cl.N.O.[CH3-].[CH3-].[I-]. The number of benzene rings is 1. The van der Waals surface area contributed by atoms with Crippen molar-refractivity contribution in [2.24, 2.45) is 11.7 Å². The first-order valence-corrected chi connectivity index (χ1v) is 38.2. The van der Waals surface area contributed by atoms with Crippen molar-refractivity contribution < 1.29 is 96.7 Å². The summed E-state index contributed by atoms with van der Waals surface area (Å²) in [5, 5.41) is 12.3. The van der Waals surface area contributed by atoms with Gasteiger partial charge in [-0.15, -0.1) is 49.6 Å². The van der Waals surface area contributed by atoms with Gasteiger partial charge >= 0.3 is 0 Å². The Morgan fingerprint density at radius 2 is 0.885 bits per heavy atom. The fraction of sp³-hybridized carbons (Fsp3) is 0.774. The Morgan fingerprint density at radius 3 is 1.11 bits per heavy atom. The molecule has 1 unspecified atom stereocenters. The zero-order valence-corrected chi connectivity index (χ0v) is 84.6. The second kappa shape index (κ2) is 127. The minimum Gasteiger partial charge on any atom is -1.00 e. The number of carbonyl (C=O) groups excluding carboxylic acids is 11. The summed E-state index contributed by atoms with van der Waals surface area (Å²) < 4.78 is 0.952. The van der Waals surface area contributed by atoms with Gasteiger partial charge in [-0.25, -0.2) is 0 Å². The quantitative estimate of drug-likeness (QED) is 0.0154. The molecule has 0 fully saturated rings. The number of halogens is 5. The highest BCUT2D eigenvalue weighted by Gasteiger charge is 2.08. The van der Waals surface area contributed by atoms with E-state index in [9.17, 15) is 52.7 Å². The molecule has 0 bridgehead atoms. The normalized spacial score (nSPS) is 9.28. The first-order chi connectivity index (χ1) is 48.2. The Kier molecular flexibility index (Phi) is 185. The summed E-state index contributed by atoms with van der Waals surface area (Å²) in [6, 6.07) is 8.42. The maximum absolute atomic E-state index is 11.1. The molecule has 0 spiro atoms. The van der Waals surface area contributed by atoms with E-state index in [0.717, 1.165) is 115 Å². The van der Waals surface area contributed by atoms with Crippen molar-refractivity contribution in [1.82, 2.24) is 41.3 Å². The smallest absolute Gasteiger partial charge is 0.216 e. The Hall–Kier alpha value is -3.20. The van der Waals surface area contributed by atoms with Gasteiger partial charge in [-0.1, -0.05) is 125 Å². The second-order valence-corrected chi connectivity index (χ2v) is 28.2. The molecule has 24 nitrogen and oxygen atoms in total. The number of hydrogen-bond donors (Lipinski definition) is 6. The highest BCUT2D eigenvalue weighted by molar-refractivity contribution is 5.86. The predicted octanol–water partition coefficient (Wildman–Crippen LogP) is 9.50. The maximum Gasteiger partial charge on any atom is 0.216 e. The summed E-state index contributed by atoms with van der Waals surface area (Å²) >= 11 is 0. The van der Waals surface area contributed by atoms with Crippen molar-refractivity contribution in [3.05, 3.63) is 50.2 Å². The molecule has 1 aromatic carbocycles. The molecule has 0 aromatic heterocycles. The number of ketones is 10. The number of Topliss-reactive ketones (excluding diaryl/α,β-unsaturated/α-hetero) is 10. The number of nitrogens with two attached hydrogens (primary N) is 1. The number of aliphatic hydroxyl groups excluding tert-OH is 1. The third-order valence-electron chi connectivity index (χ3n) is 12.9. The van der Waals surface area contributed by atoms with Crippen LogP contribution >= 0.6 is 49.6 Å². The number of nitrogens with zero attached hydrogens (tertiary/aromatic N) is 6. The van der Waals surface area contributed by atoms with E-state index in [4.69, 9.17) is 10.8 Å². The van der Waals surface area contributed by atoms with E-state index in [1.165, 1.54) is 82.1 Å². The highest BCUT2D eigenvalue weighted by Crippen LogP contribution is 2.12. The van der Waals surface area contributed by atoms with E-state index in [-0.39, 0.29) is 159 Å². The monoisotopic (exact) mass is 1830 g/mol. The average molecular weight is 1830 g/mol. The van der Waals surface area contributed by atoms with Gasteiger partial charge in [-0.3, -0.25) is 43.3 Å². The summed E-state index contributed by atoms with van der Waals surface area (Å²) in [4.78, 5) is 125. The van der Waals surface area contributed by atoms with Crippen LogP contribution in [-0.2, 0) is 65.7 Å². The molecule has 692 valence electrons. The number of likely N-dealkylation sites (N-methyl/N-ethyl adjacent to an activating group) is 3. The van der Waals surface area contributed by atoms with E-state index < -0.39 is 0 Å². The zero-order chi connectivity index (χ0) is 84.2. The molecular weight excluding hydrogens is 1640 g/mol. The lowest BCUT2D eigenvalue weighted by Gasteiger charge is -2.23. The van der Waals surface area contributed by atoms with Gasteiger partial charge < -0.3 is 115 Å². The molecule has 11 N–H and O–H groups in total. The molecule has 1 atom stereocenters. The van der Waals surface area contributed by atoms with Gasteiger partial charge in [0, 0.05) is 92.1 Å². The van der Waals surface area contributed by atoms with Crippen molar-refractivity contribution in [2.75, 3.05) is 177 Å². The molecule has 1 rings (SSSR count). The zero-order valence-electron chi connectivity index (χ0n) is 79.2. The van der Waals surface area contributed by atoms with Gasteiger partial charge in [-0.2, -0.15) is 0 Å². The van der Waals surface area contributed by atoms with Gasteiger partial charge in [0.2, 0.25) is 5.91 Å². The fourth-order valence-corrected chi connectivity index (χ4v) is 8.06. The molecule has 0 heterocycles. The highest BCUT2D eigenvalue weighted by atomic mass is 127. The summed E-state index contributed by atoms with van der Waals surface area (Å²) in [6.07, 6.45) is 17.8. The fourth-order valence-electron chi connectivity index (χ4n) is 8.06. The first-order valence-electron chi connectivity index (χ1n) is 38.2. The van der Waals surface area contributed by atoms with Crippen LogP contribution in [0.15, 0.2) is 24.3 Å². The van der Waals surface area contributed by atoms with Crippen LogP contribution in [0.3, 0.4) is 0 Å². The van der Waals surface area contributed by atoms with Gasteiger partial charge in [-0.05, 0) is 188 Å². The lowest BCUT2D eigenvalue weighted by Crippen LogP contribution is -3.06. The Morgan fingerprint density at radius 1 is 0.496 bits per heavy atom. The standard InChI is InChI=1S/C16H25NO.C9H18O.C8H18NO.C8H17NO.C7H15NO.C6H13NO.C6H14.2C5H11NO.2C4H9NO.C3H7NO.CH4O.2CH3.4ClH.HI.H3N.H2O/c1-4-9-17(10-5-2)13-16-8-6-7-15(12-16)11-14(3)18;1-4-5-6-8(2)7-9(3)10;1-8(10)6-5-7-9(2,3)4;1-4-9(5-2)7-6-8(3)10;1-7(9)5-4-6-8(2)3;1-6(8)4-5-7(2)3;1-3-5-6-4-2;2*1-5(7)4-6(2)3;1-4(6)3-5-2;1-3-5-4(2)6;1-3(5)2-4;1-2;;;;;;;;;/h6-8,12H,4-5,9-11,13H2,1-3H3;8H,4-7H2,1-3H3;5-7H2,1-4H3;4-7H2,1-3H3;4-6H2,1-3H3;4-5H2,1-3H3;3-6H2,1-2H3;2*4H2,1-3H3;5H,3H2,1-2H3;3H2,1-2H3,(H,5,6);2,4H2,1H3;2H,1H3;2*1H3;5*1H;1H3;1H2/q;;+1;;;;;;;;;;;2*-1;;;;;;;. The Labute approximate surface area is 739 Å². The molecule has 29 heteroatoms.